The molecule has 0 aliphatic carbocycles. The molecule has 0 bridgehead atoms. The minimum Gasteiger partial charge on any atom is -0.493 e. The van der Waals surface area contributed by atoms with Crippen molar-refractivity contribution in [3.63, 3.8) is 0 Å². The molecule has 0 atom stereocenters. The molecule has 0 saturated carbocycles. The maximum Gasteiger partial charge on any atom is 0.257 e. The van der Waals surface area contributed by atoms with Crippen LogP contribution in [-0.4, -0.2) is 35.2 Å². The van der Waals surface area contributed by atoms with Gasteiger partial charge in [-0.1, -0.05) is 62.4 Å². The minimum absolute atomic E-state index is 0.0201. The second kappa shape index (κ2) is 13.5. The summed E-state index contributed by atoms with van der Waals surface area (Å²) in [5, 5.41) is 2.95. The van der Waals surface area contributed by atoms with Gasteiger partial charge in [-0.2, -0.15) is 0 Å². The smallest absolute Gasteiger partial charge is 0.257 e. The molecule has 0 saturated heterocycles. The maximum atomic E-state index is 12.1. The number of aromatic nitrogens is 2. The number of aryl methyl sites for hydroxylation is 2. The van der Waals surface area contributed by atoms with Crippen LogP contribution in [0, 0.1) is 0 Å². The number of fused-ring (bicyclic) bond motifs is 1. The predicted molar refractivity (Wildman–Crippen MR) is 148 cm³/mol. The van der Waals surface area contributed by atoms with Gasteiger partial charge < -0.3 is 19.4 Å². The number of carbonyl (C=O) groups is 1. The highest BCUT2D eigenvalue weighted by Crippen LogP contribution is 2.26. The molecule has 0 radical (unpaired) electrons. The number of carbonyl (C=O) groups excluding carboxylic acids is 1. The first-order valence-electron chi connectivity index (χ1n) is 13.2. The van der Waals surface area contributed by atoms with Crippen LogP contribution in [0.5, 0.6) is 11.5 Å². The van der Waals surface area contributed by atoms with Gasteiger partial charge >= 0.3 is 0 Å². The van der Waals surface area contributed by atoms with Crippen LogP contribution < -0.4 is 14.8 Å². The minimum atomic E-state index is -0.114. The van der Waals surface area contributed by atoms with Crippen molar-refractivity contribution in [1.29, 1.82) is 0 Å². The predicted octanol–water partition coefficient (Wildman–Crippen LogP) is 6.15. The van der Waals surface area contributed by atoms with E-state index in [1.54, 1.807) is 0 Å². The average Bonchev–Trinajstić information content (AvgIpc) is 3.27. The van der Waals surface area contributed by atoms with Crippen molar-refractivity contribution >= 4 is 16.9 Å². The van der Waals surface area contributed by atoms with Gasteiger partial charge in [0.2, 0.25) is 0 Å². The topological polar surface area (TPSA) is 65.4 Å². The summed E-state index contributed by atoms with van der Waals surface area (Å²) in [6.07, 6.45) is 3.59. The molecule has 0 aliphatic heterocycles. The number of rotatable bonds is 14. The number of imidazole rings is 1. The number of hydrogen-bond donors (Lipinski definition) is 1. The Bertz CT molecular complexity index is 1270. The number of para-hydroxylation sites is 4. The van der Waals surface area contributed by atoms with Crippen molar-refractivity contribution in [2.24, 2.45) is 0 Å². The van der Waals surface area contributed by atoms with Crippen molar-refractivity contribution in [3.05, 3.63) is 90.3 Å². The van der Waals surface area contributed by atoms with Crippen molar-refractivity contribution < 1.29 is 14.3 Å². The van der Waals surface area contributed by atoms with E-state index in [9.17, 15) is 4.79 Å². The molecule has 1 heterocycles. The molecular formula is C31H37N3O3. The first-order chi connectivity index (χ1) is 18.1. The summed E-state index contributed by atoms with van der Waals surface area (Å²) < 4.78 is 13.9. The fourth-order valence-electron chi connectivity index (χ4n) is 4.40. The summed E-state index contributed by atoms with van der Waals surface area (Å²) in [4.78, 5) is 17.0. The van der Waals surface area contributed by atoms with E-state index in [1.165, 1.54) is 5.56 Å². The molecule has 37 heavy (non-hydrogen) atoms. The fourth-order valence-corrected chi connectivity index (χ4v) is 4.40. The van der Waals surface area contributed by atoms with Crippen molar-refractivity contribution in [2.75, 3.05) is 19.8 Å². The van der Waals surface area contributed by atoms with E-state index in [0.29, 0.717) is 24.8 Å². The van der Waals surface area contributed by atoms with E-state index in [0.717, 1.165) is 54.8 Å². The van der Waals surface area contributed by atoms with Gasteiger partial charge in [-0.3, -0.25) is 4.79 Å². The monoisotopic (exact) mass is 499 g/mol. The Morgan fingerprint density at radius 1 is 0.892 bits per heavy atom. The zero-order chi connectivity index (χ0) is 25.9. The molecule has 4 aromatic rings. The fraction of sp³-hybridized carbons (Fsp3) is 0.355. The standard InChI is InChI=1S/C31H37N3O3/c1-24(2)26-15-6-9-18-29(26)36-22-11-10-21-34-28-17-8-7-16-27(28)33-30(34)19-12-20-32-31(35)23-37-25-13-4-3-5-14-25/h3-9,13-18,24H,10-12,19-23H2,1-2H3,(H,32,35). The molecule has 0 fully saturated rings. The highest BCUT2D eigenvalue weighted by molar-refractivity contribution is 5.77. The lowest BCUT2D eigenvalue weighted by Crippen LogP contribution is -2.30. The van der Waals surface area contributed by atoms with E-state index in [4.69, 9.17) is 14.5 Å². The van der Waals surface area contributed by atoms with Gasteiger partial charge in [0.1, 0.15) is 17.3 Å². The van der Waals surface area contributed by atoms with Gasteiger partial charge in [-0.15, -0.1) is 0 Å². The summed E-state index contributed by atoms with van der Waals surface area (Å²) in [6, 6.07) is 25.9. The molecule has 6 nitrogen and oxygen atoms in total. The van der Waals surface area contributed by atoms with Crippen molar-refractivity contribution in [3.8, 4) is 11.5 Å². The van der Waals surface area contributed by atoms with Gasteiger partial charge in [0.15, 0.2) is 6.61 Å². The van der Waals surface area contributed by atoms with E-state index in [2.05, 4.69) is 60.1 Å². The normalized spacial score (nSPS) is 11.1. The van der Waals surface area contributed by atoms with E-state index >= 15 is 0 Å². The number of amides is 1. The molecule has 1 N–H and O–H groups in total. The molecular weight excluding hydrogens is 462 g/mol. The molecule has 0 aliphatic rings. The quantitative estimate of drug-likeness (QED) is 0.212. The highest BCUT2D eigenvalue weighted by atomic mass is 16.5. The Balaban J connectivity index is 1.24. The van der Waals surface area contributed by atoms with Crippen LogP contribution in [0.1, 0.15) is 50.4 Å². The lowest BCUT2D eigenvalue weighted by molar-refractivity contribution is -0.123. The van der Waals surface area contributed by atoms with Gasteiger partial charge in [0, 0.05) is 19.5 Å². The van der Waals surface area contributed by atoms with Gasteiger partial charge in [0.25, 0.3) is 5.91 Å². The molecule has 1 amide bonds. The van der Waals surface area contributed by atoms with E-state index < -0.39 is 0 Å². The van der Waals surface area contributed by atoms with Crippen LogP contribution in [0.25, 0.3) is 11.0 Å². The highest BCUT2D eigenvalue weighted by Gasteiger charge is 2.11. The number of nitrogens with zero attached hydrogens (tertiary/aromatic N) is 2. The molecule has 6 heteroatoms. The third-order valence-electron chi connectivity index (χ3n) is 6.32. The summed E-state index contributed by atoms with van der Waals surface area (Å²) >= 11 is 0. The first-order valence-corrected chi connectivity index (χ1v) is 13.2. The zero-order valence-electron chi connectivity index (χ0n) is 21.9. The number of unbranched alkanes of at least 4 members (excludes halogenated alkanes) is 1. The summed E-state index contributed by atoms with van der Waals surface area (Å²) in [6.45, 7) is 6.58. The second-order valence-corrected chi connectivity index (χ2v) is 9.47. The third-order valence-corrected chi connectivity index (χ3v) is 6.32. The lowest BCUT2D eigenvalue weighted by Gasteiger charge is -2.14. The molecule has 1 aromatic heterocycles. The molecule has 0 spiro atoms. The number of hydrogen-bond acceptors (Lipinski definition) is 4. The average molecular weight is 500 g/mol. The number of ether oxygens (including phenoxy) is 2. The Hall–Kier alpha value is -3.80. The number of nitrogens with one attached hydrogen (secondary N) is 1. The van der Waals surface area contributed by atoms with Crippen molar-refractivity contribution in [1.82, 2.24) is 14.9 Å². The van der Waals surface area contributed by atoms with Crippen molar-refractivity contribution in [2.45, 2.75) is 52.0 Å². The largest absolute Gasteiger partial charge is 0.493 e. The molecule has 4 rings (SSSR count). The van der Waals surface area contributed by atoms with Gasteiger partial charge in [0.05, 0.1) is 17.6 Å². The van der Waals surface area contributed by atoms with Gasteiger partial charge in [-0.25, -0.2) is 4.98 Å². The lowest BCUT2D eigenvalue weighted by atomic mass is 10.0. The summed E-state index contributed by atoms with van der Waals surface area (Å²) in [7, 11) is 0. The maximum absolute atomic E-state index is 12.1. The molecule has 3 aromatic carbocycles. The van der Waals surface area contributed by atoms with E-state index in [1.807, 2.05) is 42.5 Å². The van der Waals surface area contributed by atoms with E-state index in [-0.39, 0.29) is 12.5 Å². The Labute approximate surface area is 219 Å². The number of benzene rings is 3. The van der Waals surface area contributed by atoms with Crippen LogP contribution in [0.3, 0.4) is 0 Å². The van der Waals surface area contributed by atoms with Crippen LogP contribution in [0.2, 0.25) is 0 Å². The van der Waals surface area contributed by atoms with Gasteiger partial charge in [-0.05, 0) is 61.1 Å². The second-order valence-electron chi connectivity index (χ2n) is 9.47. The Morgan fingerprint density at radius 3 is 2.49 bits per heavy atom. The van der Waals surface area contributed by atoms with Crippen LogP contribution in [0.15, 0.2) is 78.9 Å². The Kier molecular flexibility index (Phi) is 9.58. The third kappa shape index (κ3) is 7.59. The summed E-state index contributed by atoms with van der Waals surface area (Å²) in [5.41, 5.74) is 3.42. The van der Waals surface area contributed by atoms with Crippen LogP contribution >= 0.6 is 0 Å². The summed E-state index contributed by atoms with van der Waals surface area (Å²) in [5.74, 6) is 3.07. The van der Waals surface area contributed by atoms with Crippen LogP contribution in [-0.2, 0) is 17.8 Å². The molecule has 194 valence electrons. The zero-order valence-corrected chi connectivity index (χ0v) is 21.9. The first kappa shape index (κ1) is 26.3. The SMILES string of the molecule is CC(C)c1ccccc1OCCCCn1c(CCCNC(=O)COc2ccccc2)nc2ccccc21. The molecule has 0 unspecified atom stereocenters. The van der Waals surface area contributed by atoms with Crippen LogP contribution in [0.4, 0.5) is 0 Å². The Morgan fingerprint density at radius 2 is 1.65 bits per heavy atom.